The number of amides is 2. The maximum absolute atomic E-state index is 12.3. The van der Waals surface area contributed by atoms with E-state index in [0.717, 1.165) is 31.1 Å². The minimum absolute atomic E-state index is 0.0586. The number of rotatable bonds is 2. The molecular weight excluding hydrogens is 242 g/mol. The molecule has 5 nitrogen and oxygen atoms in total. The predicted octanol–water partition coefficient (Wildman–Crippen LogP) is 1.91. The summed E-state index contributed by atoms with van der Waals surface area (Å²) in [7, 11) is 1.62. The van der Waals surface area contributed by atoms with Crippen molar-refractivity contribution in [3.8, 4) is 5.75 Å². The van der Waals surface area contributed by atoms with E-state index >= 15 is 0 Å². The Bertz CT molecular complexity index is 443. The molecule has 0 bridgehead atoms. The van der Waals surface area contributed by atoms with Gasteiger partial charge in [-0.05, 0) is 38.1 Å². The third kappa shape index (κ3) is 3.17. The minimum Gasteiger partial charge on any atom is -0.497 e. The molecule has 1 aromatic carbocycles. The Morgan fingerprint density at radius 2 is 2.05 bits per heavy atom. The molecular formula is C14H21N3O2. The normalized spacial score (nSPS) is 17.9. The standard InChI is InChI=1S/C14H21N3O2/c1-14(2)10-15-8-9-17(14)13(18)16-11-4-6-12(19-3)7-5-11/h4-7,15H,8-10H2,1-3H3,(H,16,18). The van der Waals surface area contributed by atoms with E-state index in [1.807, 2.05) is 29.2 Å². The van der Waals surface area contributed by atoms with Gasteiger partial charge in [0.1, 0.15) is 5.75 Å². The number of urea groups is 1. The average Bonchev–Trinajstić information content (AvgIpc) is 2.39. The molecule has 0 atom stereocenters. The summed E-state index contributed by atoms with van der Waals surface area (Å²) in [5.41, 5.74) is 0.606. The number of hydrogen-bond acceptors (Lipinski definition) is 3. The Morgan fingerprint density at radius 1 is 1.37 bits per heavy atom. The van der Waals surface area contributed by atoms with Crippen LogP contribution in [0.15, 0.2) is 24.3 Å². The lowest BCUT2D eigenvalue weighted by molar-refractivity contribution is 0.123. The number of carbonyl (C=O) groups is 1. The van der Waals surface area contributed by atoms with Gasteiger partial charge in [0, 0.05) is 25.3 Å². The summed E-state index contributed by atoms with van der Waals surface area (Å²) in [4.78, 5) is 14.2. The number of methoxy groups -OCH3 is 1. The van der Waals surface area contributed by atoms with E-state index in [9.17, 15) is 4.79 Å². The van der Waals surface area contributed by atoms with Crippen LogP contribution in [0.25, 0.3) is 0 Å². The zero-order valence-corrected chi connectivity index (χ0v) is 11.7. The zero-order chi connectivity index (χ0) is 13.9. The highest BCUT2D eigenvalue weighted by molar-refractivity contribution is 5.90. The van der Waals surface area contributed by atoms with E-state index in [-0.39, 0.29) is 11.6 Å². The van der Waals surface area contributed by atoms with Gasteiger partial charge in [-0.2, -0.15) is 0 Å². The Kier molecular flexibility index (Phi) is 3.95. The number of piperazine rings is 1. The Hall–Kier alpha value is -1.75. The highest BCUT2D eigenvalue weighted by Gasteiger charge is 2.33. The van der Waals surface area contributed by atoms with Crippen molar-refractivity contribution in [3.63, 3.8) is 0 Å². The molecule has 0 aliphatic carbocycles. The van der Waals surface area contributed by atoms with E-state index in [1.165, 1.54) is 0 Å². The molecule has 1 aliphatic rings. The molecule has 1 fully saturated rings. The highest BCUT2D eigenvalue weighted by atomic mass is 16.5. The average molecular weight is 263 g/mol. The lowest BCUT2D eigenvalue weighted by Crippen LogP contribution is -2.60. The Morgan fingerprint density at radius 3 is 2.63 bits per heavy atom. The fourth-order valence-corrected chi connectivity index (χ4v) is 2.22. The van der Waals surface area contributed by atoms with Crippen LogP contribution in [0.2, 0.25) is 0 Å². The van der Waals surface area contributed by atoms with Crippen molar-refractivity contribution in [1.82, 2.24) is 10.2 Å². The summed E-state index contributed by atoms with van der Waals surface area (Å²) in [6.45, 7) is 6.48. The molecule has 19 heavy (non-hydrogen) atoms. The number of ether oxygens (including phenoxy) is 1. The smallest absolute Gasteiger partial charge is 0.322 e. The van der Waals surface area contributed by atoms with Gasteiger partial charge in [-0.3, -0.25) is 0 Å². The first-order chi connectivity index (χ1) is 9.03. The van der Waals surface area contributed by atoms with Crippen LogP contribution in [0.1, 0.15) is 13.8 Å². The predicted molar refractivity (Wildman–Crippen MR) is 75.7 cm³/mol. The molecule has 1 aliphatic heterocycles. The van der Waals surface area contributed by atoms with E-state index in [1.54, 1.807) is 7.11 Å². The van der Waals surface area contributed by atoms with Crippen LogP contribution in [0, 0.1) is 0 Å². The summed E-state index contributed by atoms with van der Waals surface area (Å²) in [6, 6.07) is 7.28. The van der Waals surface area contributed by atoms with Crippen LogP contribution in [0.5, 0.6) is 5.75 Å². The SMILES string of the molecule is COc1ccc(NC(=O)N2CCNCC2(C)C)cc1. The van der Waals surface area contributed by atoms with E-state index < -0.39 is 0 Å². The van der Waals surface area contributed by atoms with Crippen molar-refractivity contribution < 1.29 is 9.53 Å². The largest absolute Gasteiger partial charge is 0.497 e. The van der Waals surface area contributed by atoms with Crippen molar-refractivity contribution in [2.75, 3.05) is 32.1 Å². The van der Waals surface area contributed by atoms with Gasteiger partial charge in [-0.15, -0.1) is 0 Å². The fourth-order valence-electron chi connectivity index (χ4n) is 2.22. The van der Waals surface area contributed by atoms with Crippen molar-refractivity contribution >= 4 is 11.7 Å². The maximum Gasteiger partial charge on any atom is 0.322 e. The van der Waals surface area contributed by atoms with Crippen LogP contribution >= 0.6 is 0 Å². The lowest BCUT2D eigenvalue weighted by Gasteiger charge is -2.42. The summed E-state index contributed by atoms with van der Waals surface area (Å²) in [5.74, 6) is 0.778. The molecule has 1 heterocycles. The van der Waals surface area contributed by atoms with Gasteiger partial charge in [0.05, 0.1) is 12.6 Å². The third-order valence-electron chi connectivity index (χ3n) is 3.39. The molecule has 0 radical (unpaired) electrons. The quantitative estimate of drug-likeness (QED) is 0.857. The van der Waals surface area contributed by atoms with Crippen molar-refractivity contribution in [2.45, 2.75) is 19.4 Å². The molecule has 0 spiro atoms. The summed E-state index contributed by atoms with van der Waals surface area (Å²) < 4.78 is 5.09. The first kappa shape index (κ1) is 13.7. The van der Waals surface area contributed by atoms with Crippen LogP contribution in [-0.2, 0) is 0 Å². The van der Waals surface area contributed by atoms with Crippen LogP contribution in [-0.4, -0.2) is 43.2 Å². The fraction of sp³-hybridized carbons (Fsp3) is 0.500. The monoisotopic (exact) mass is 263 g/mol. The molecule has 104 valence electrons. The second-order valence-electron chi connectivity index (χ2n) is 5.30. The van der Waals surface area contributed by atoms with E-state index in [4.69, 9.17) is 4.74 Å². The van der Waals surface area contributed by atoms with Crippen LogP contribution in [0.3, 0.4) is 0 Å². The van der Waals surface area contributed by atoms with Crippen molar-refractivity contribution in [3.05, 3.63) is 24.3 Å². The van der Waals surface area contributed by atoms with Crippen LogP contribution < -0.4 is 15.4 Å². The summed E-state index contributed by atoms with van der Waals surface area (Å²) >= 11 is 0. The number of nitrogens with one attached hydrogen (secondary N) is 2. The molecule has 2 amide bonds. The topological polar surface area (TPSA) is 53.6 Å². The zero-order valence-electron chi connectivity index (χ0n) is 11.7. The second kappa shape index (κ2) is 5.48. The molecule has 1 saturated heterocycles. The molecule has 0 aromatic heterocycles. The number of nitrogens with zero attached hydrogens (tertiary/aromatic N) is 1. The van der Waals surface area contributed by atoms with Gasteiger partial charge in [-0.1, -0.05) is 0 Å². The van der Waals surface area contributed by atoms with Gasteiger partial charge in [0.15, 0.2) is 0 Å². The number of carbonyl (C=O) groups excluding carboxylic acids is 1. The van der Waals surface area contributed by atoms with E-state index in [0.29, 0.717) is 0 Å². The van der Waals surface area contributed by atoms with Gasteiger partial charge in [0.2, 0.25) is 0 Å². The highest BCUT2D eigenvalue weighted by Crippen LogP contribution is 2.19. The molecule has 5 heteroatoms. The molecule has 1 aromatic rings. The molecule has 0 unspecified atom stereocenters. The van der Waals surface area contributed by atoms with E-state index in [2.05, 4.69) is 24.5 Å². The van der Waals surface area contributed by atoms with Crippen LogP contribution in [0.4, 0.5) is 10.5 Å². The Labute approximate surface area is 113 Å². The third-order valence-corrected chi connectivity index (χ3v) is 3.39. The number of anilines is 1. The van der Waals surface area contributed by atoms with Gasteiger partial charge >= 0.3 is 6.03 Å². The Balaban J connectivity index is 2.03. The first-order valence-corrected chi connectivity index (χ1v) is 6.46. The minimum atomic E-state index is -0.172. The van der Waals surface area contributed by atoms with Gasteiger partial charge in [-0.25, -0.2) is 4.79 Å². The second-order valence-corrected chi connectivity index (χ2v) is 5.30. The molecule has 2 N–H and O–H groups in total. The van der Waals surface area contributed by atoms with Gasteiger partial charge in [0.25, 0.3) is 0 Å². The molecule has 0 saturated carbocycles. The maximum atomic E-state index is 12.3. The summed E-state index contributed by atoms with van der Waals surface area (Å²) in [5, 5.41) is 6.22. The summed E-state index contributed by atoms with van der Waals surface area (Å²) in [6.07, 6.45) is 0. The lowest BCUT2D eigenvalue weighted by atomic mass is 10.0. The van der Waals surface area contributed by atoms with Gasteiger partial charge < -0.3 is 20.3 Å². The number of hydrogen-bond donors (Lipinski definition) is 2. The van der Waals surface area contributed by atoms with Crippen molar-refractivity contribution in [1.29, 1.82) is 0 Å². The molecule has 2 rings (SSSR count). The van der Waals surface area contributed by atoms with Crippen molar-refractivity contribution in [2.24, 2.45) is 0 Å². The first-order valence-electron chi connectivity index (χ1n) is 6.46. The number of benzene rings is 1.